The molecule has 1 fully saturated rings. The first-order chi connectivity index (χ1) is 25.7. The van der Waals surface area contributed by atoms with Crippen molar-refractivity contribution >= 4 is 27.8 Å². The minimum absolute atomic E-state index is 0.0225. The lowest BCUT2D eigenvalue weighted by Gasteiger charge is -2.33. The molecule has 1 nitrogen and oxygen atoms in total. The summed E-state index contributed by atoms with van der Waals surface area (Å²) in [6, 6.07) is 59.3. The quantitative estimate of drug-likeness (QED) is 0.155. The Labute approximate surface area is 309 Å². The molecule has 0 N–H and O–H groups in total. The number of fused-ring (bicyclic) bond motifs is 4. The standard InChI is InChI=1S/C51H47N/c1-3-51(4-2)47-29-16-15-28-46(47)49-48(51)35-40-22-11-12-27-45(40)50(49)52(42-24-17-23-39(34-42)36-18-7-5-8-19-36)41-32-30-38(31-33-41)44-26-14-13-25-43(44)37-20-9-6-10-21-37/h6,9-17,20-36H,3-5,7-8,18-19H2,1-2H3. The van der Waals surface area contributed by atoms with E-state index in [0.29, 0.717) is 5.92 Å². The number of benzene rings is 7. The Bertz CT molecular complexity index is 2360. The molecular weight excluding hydrogens is 627 g/mol. The van der Waals surface area contributed by atoms with Gasteiger partial charge in [0, 0.05) is 27.7 Å². The Morgan fingerprint density at radius 1 is 0.519 bits per heavy atom. The maximum atomic E-state index is 2.60. The Kier molecular flexibility index (Phi) is 8.51. The molecule has 2 aliphatic carbocycles. The third-order valence-electron chi connectivity index (χ3n) is 12.3. The highest BCUT2D eigenvalue weighted by Crippen LogP contribution is 2.59. The van der Waals surface area contributed by atoms with Gasteiger partial charge in [-0.05, 0) is 112 Å². The number of nitrogens with zero attached hydrogens (tertiary/aromatic N) is 1. The second-order valence-electron chi connectivity index (χ2n) is 14.9. The van der Waals surface area contributed by atoms with Crippen molar-refractivity contribution in [2.45, 2.75) is 70.1 Å². The molecule has 1 heteroatoms. The van der Waals surface area contributed by atoms with E-state index in [4.69, 9.17) is 0 Å². The third kappa shape index (κ3) is 5.37. The Hall–Kier alpha value is -5.40. The first kappa shape index (κ1) is 32.5. The van der Waals surface area contributed by atoms with Crippen LogP contribution < -0.4 is 4.90 Å². The Morgan fingerprint density at radius 3 is 1.88 bits per heavy atom. The molecule has 0 spiro atoms. The summed E-state index contributed by atoms with van der Waals surface area (Å²) >= 11 is 0. The summed E-state index contributed by atoms with van der Waals surface area (Å²) in [6.07, 6.45) is 8.72. The zero-order valence-corrected chi connectivity index (χ0v) is 30.5. The number of hydrogen-bond acceptors (Lipinski definition) is 1. The SMILES string of the molecule is CCC1(CC)c2ccccc2-c2c1cc1ccccc1c2N(c1ccc(-c2ccccc2-c2ccccc2)cc1)c1cccc(C2CCCCC2)c1. The van der Waals surface area contributed by atoms with E-state index in [1.165, 1.54) is 110 Å². The second kappa shape index (κ2) is 13.6. The molecule has 0 aromatic heterocycles. The first-order valence-corrected chi connectivity index (χ1v) is 19.5. The van der Waals surface area contributed by atoms with Crippen molar-refractivity contribution in [1.29, 1.82) is 0 Å². The van der Waals surface area contributed by atoms with Crippen LogP contribution in [-0.2, 0) is 5.41 Å². The summed E-state index contributed by atoms with van der Waals surface area (Å²) in [4.78, 5) is 2.60. The summed E-state index contributed by atoms with van der Waals surface area (Å²) in [7, 11) is 0. The maximum absolute atomic E-state index is 2.60. The highest BCUT2D eigenvalue weighted by molar-refractivity contribution is 6.10. The van der Waals surface area contributed by atoms with Crippen LogP contribution in [0.4, 0.5) is 17.1 Å². The lowest BCUT2D eigenvalue weighted by Crippen LogP contribution is -2.23. The van der Waals surface area contributed by atoms with E-state index in [2.05, 4.69) is 176 Å². The van der Waals surface area contributed by atoms with Crippen molar-refractivity contribution in [3.8, 4) is 33.4 Å². The van der Waals surface area contributed by atoms with Gasteiger partial charge in [0.05, 0.1) is 5.69 Å². The van der Waals surface area contributed by atoms with E-state index in [-0.39, 0.29) is 5.41 Å². The van der Waals surface area contributed by atoms with Crippen molar-refractivity contribution in [2.24, 2.45) is 0 Å². The fourth-order valence-corrected chi connectivity index (χ4v) is 9.64. The zero-order chi connectivity index (χ0) is 35.1. The van der Waals surface area contributed by atoms with Crippen LogP contribution in [0.5, 0.6) is 0 Å². The summed E-state index contributed by atoms with van der Waals surface area (Å²) in [5.74, 6) is 0.624. The van der Waals surface area contributed by atoms with Crippen molar-refractivity contribution in [2.75, 3.05) is 4.90 Å². The molecule has 0 heterocycles. The first-order valence-electron chi connectivity index (χ1n) is 19.5. The molecule has 7 aromatic rings. The molecule has 52 heavy (non-hydrogen) atoms. The van der Waals surface area contributed by atoms with Gasteiger partial charge < -0.3 is 4.90 Å². The molecule has 0 aliphatic heterocycles. The average Bonchev–Trinajstić information content (AvgIpc) is 3.51. The van der Waals surface area contributed by atoms with E-state index in [1.807, 2.05) is 0 Å². The molecule has 0 radical (unpaired) electrons. The Balaban J connectivity index is 1.29. The van der Waals surface area contributed by atoms with Crippen LogP contribution in [0.2, 0.25) is 0 Å². The predicted octanol–water partition coefficient (Wildman–Crippen LogP) is 14.8. The van der Waals surface area contributed by atoms with Gasteiger partial charge in [-0.1, -0.05) is 161 Å². The second-order valence-corrected chi connectivity index (χ2v) is 14.9. The van der Waals surface area contributed by atoms with E-state index < -0.39 is 0 Å². The highest BCUT2D eigenvalue weighted by atomic mass is 15.1. The lowest BCUT2D eigenvalue weighted by atomic mass is 9.73. The fraction of sp³-hybridized carbons (Fsp3) is 0.216. The molecule has 7 aromatic carbocycles. The predicted molar refractivity (Wildman–Crippen MR) is 222 cm³/mol. The zero-order valence-electron chi connectivity index (χ0n) is 30.5. The third-order valence-corrected chi connectivity index (χ3v) is 12.3. The fourth-order valence-electron chi connectivity index (χ4n) is 9.64. The van der Waals surface area contributed by atoms with E-state index in [0.717, 1.165) is 12.8 Å². The minimum atomic E-state index is -0.0225. The smallest absolute Gasteiger partial charge is 0.0621 e. The number of hydrogen-bond donors (Lipinski definition) is 0. The van der Waals surface area contributed by atoms with Gasteiger partial charge in [0.25, 0.3) is 0 Å². The maximum Gasteiger partial charge on any atom is 0.0621 e. The van der Waals surface area contributed by atoms with Crippen LogP contribution in [0.1, 0.15) is 81.4 Å². The highest BCUT2D eigenvalue weighted by Gasteiger charge is 2.43. The van der Waals surface area contributed by atoms with Gasteiger partial charge in [-0.2, -0.15) is 0 Å². The van der Waals surface area contributed by atoms with Gasteiger partial charge in [-0.25, -0.2) is 0 Å². The van der Waals surface area contributed by atoms with E-state index in [9.17, 15) is 0 Å². The average molecular weight is 674 g/mol. The topological polar surface area (TPSA) is 3.24 Å². The number of anilines is 3. The van der Waals surface area contributed by atoms with Crippen molar-refractivity contribution in [1.82, 2.24) is 0 Å². The van der Waals surface area contributed by atoms with Crippen LogP contribution in [0.25, 0.3) is 44.2 Å². The molecule has 0 atom stereocenters. The van der Waals surface area contributed by atoms with E-state index >= 15 is 0 Å². The van der Waals surface area contributed by atoms with Crippen molar-refractivity contribution in [3.05, 3.63) is 174 Å². The van der Waals surface area contributed by atoms with Crippen molar-refractivity contribution in [3.63, 3.8) is 0 Å². The molecule has 2 aliphatic rings. The molecular formula is C51H47N. The molecule has 0 amide bonds. The van der Waals surface area contributed by atoms with Crippen LogP contribution in [0.15, 0.2) is 158 Å². The summed E-state index contributed by atoms with van der Waals surface area (Å²) in [5, 5.41) is 2.60. The van der Waals surface area contributed by atoms with Gasteiger partial charge in [-0.15, -0.1) is 0 Å². The van der Waals surface area contributed by atoms with Gasteiger partial charge in [0.2, 0.25) is 0 Å². The van der Waals surface area contributed by atoms with Crippen LogP contribution in [0.3, 0.4) is 0 Å². The molecule has 256 valence electrons. The summed E-state index contributed by atoms with van der Waals surface area (Å²) in [5.41, 5.74) is 15.8. The lowest BCUT2D eigenvalue weighted by molar-refractivity contribution is 0.443. The molecule has 1 saturated carbocycles. The molecule has 0 saturated heterocycles. The summed E-state index contributed by atoms with van der Waals surface area (Å²) < 4.78 is 0. The van der Waals surface area contributed by atoms with Crippen LogP contribution >= 0.6 is 0 Å². The molecule has 9 rings (SSSR count). The van der Waals surface area contributed by atoms with Crippen LogP contribution in [0, 0.1) is 0 Å². The molecule has 0 bridgehead atoms. The molecule has 0 unspecified atom stereocenters. The Morgan fingerprint density at radius 2 is 1.15 bits per heavy atom. The summed E-state index contributed by atoms with van der Waals surface area (Å²) in [6.45, 7) is 4.75. The van der Waals surface area contributed by atoms with E-state index in [1.54, 1.807) is 0 Å². The minimum Gasteiger partial charge on any atom is -0.309 e. The van der Waals surface area contributed by atoms with Crippen molar-refractivity contribution < 1.29 is 0 Å². The van der Waals surface area contributed by atoms with Gasteiger partial charge in [-0.3, -0.25) is 0 Å². The van der Waals surface area contributed by atoms with Crippen LogP contribution in [-0.4, -0.2) is 0 Å². The van der Waals surface area contributed by atoms with Gasteiger partial charge in [0.15, 0.2) is 0 Å². The monoisotopic (exact) mass is 673 g/mol. The van der Waals surface area contributed by atoms with Gasteiger partial charge >= 0.3 is 0 Å². The normalized spacial score (nSPS) is 15.0. The van der Waals surface area contributed by atoms with Gasteiger partial charge in [0.1, 0.15) is 0 Å². The largest absolute Gasteiger partial charge is 0.309 e. The number of rotatable bonds is 8.